The smallest absolute Gasteiger partial charge is 0.161 e. The minimum absolute atomic E-state index is 0.138. The lowest BCUT2D eigenvalue weighted by molar-refractivity contribution is -0.0917. The van der Waals surface area contributed by atoms with Crippen LogP contribution in [0, 0.1) is 13.8 Å². The second-order valence-electron chi connectivity index (χ2n) is 8.05. The molecule has 1 aromatic carbocycles. The first-order valence-corrected chi connectivity index (χ1v) is 12.6. The number of anilines is 1. The summed E-state index contributed by atoms with van der Waals surface area (Å²) in [6, 6.07) is 12.2. The molecule has 32 heavy (non-hydrogen) atoms. The van der Waals surface area contributed by atoms with E-state index in [2.05, 4.69) is 34.8 Å². The molecular formula is C24H31N3O4S. The van der Waals surface area contributed by atoms with Crippen LogP contribution in [-0.4, -0.2) is 58.6 Å². The van der Waals surface area contributed by atoms with Gasteiger partial charge in [-0.1, -0.05) is 30.3 Å². The fourth-order valence-electron chi connectivity index (χ4n) is 4.19. The molecule has 0 fully saturated rings. The number of imidazole rings is 1. The highest BCUT2D eigenvalue weighted by atomic mass is 32.2. The molecule has 1 N–H and O–H groups in total. The lowest BCUT2D eigenvalue weighted by Gasteiger charge is -2.40. The number of nitrogens with one attached hydrogen (secondary N) is 1. The molecule has 0 amide bonds. The van der Waals surface area contributed by atoms with Gasteiger partial charge < -0.3 is 23.9 Å². The minimum atomic E-state index is -0.930. The summed E-state index contributed by atoms with van der Waals surface area (Å²) in [7, 11) is 0.733. The maximum Gasteiger partial charge on any atom is 0.161 e. The first kappa shape index (κ1) is 22.9. The number of hydrogen-bond donors (Lipinski definition) is 1. The highest BCUT2D eigenvalue weighted by molar-refractivity contribution is 7.84. The molecule has 0 radical (unpaired) electrons. The van der Waals surface area contributed by atoms with Crippen LogP contribution < -0.4 is 5.32 Å². The summed E-state index contributed by atoms with van der Waals surface area (Å²) in [5.41, 5.74) is 6.04. The van der Waals surface area contributed by atoms with Crippen molar-refractivity contribution in [2.24, 2.45) is 0 Å². The van der Waals surface area contributed by atoms with E-state index in [0.29, 0.717) is 25.6 Å². The lowest BCUT2D eigenvalue weighted by Crippen LogP contribution is -2.40. The number of nitrogens with zero attached hydrogens (tertiary/aromatic N) is 2. The van der Waals surface area contributed by atoms with Gasteiger partial charge in [-0.2, -0.15) is 0 Å². The second kappa shape index (κ2) is 10.1. The van der Waals surface area contributed by atoms with Gasteiger partial charge in [0.2, 0.25) is 0 Å². The van der Waals surface area contributed by atoms with E-state index in [-0.39, 0.29) is 18.2 Å². The molecule has 4 atom stereocenters. The molecule has 0 bridgehead atoms. The molecule has 0 saturated carbocycles. The summed E-state index contributed by atoms with van der Waals surface area (Å²) in [5.74, 6) is 0.476. The Morgan fingerprint density at radius 3 is 2.59 bits per heavy atom. The fraction of sp³-hybridized carbons (Fsp3) is 0.458. The molecule has 1 aliphatic rings. The predicted molar refractivity (Wildman–Crippen MR) is 127 cm³/mol. The number of aryl methyl sites for hydroxylation is 2. The summed E-state index contributed by atoms with van der Waals surface area (Å²) in [4.78, 5) is 4.83. The summed E-state index contributed by atoms with van der Waals surface area (Å²) < 4.78 is 31.7. The van der Waals surface area contributed by atoms with Crippen LogP contribution in [0.4, 0.5) is 5.69 Å². The van der Waals surface area contributed by atoms with E-state index in [1.807, 2.05) is 31.3 Å². The highest BCUT2D eigenvalue weighted by Crippen LogP contribution is 2.44. The van der Waals surface area contributed by atoms with E-state index < -0.39 is 10.8 Å². The van der Waals surface area contributed by atoms with Gasteiger partial charge in [0.1, 0.15) is 12.2 Å². The van der Waals surface area contributed by atoms with Crippen LogP contribution in [0.2, 0.25) is 0 Å². The quantitative estimate of drug-likeness (QED) is 0.495. The van der Waals surface area contributed by atoms with E-state index in [4.69, 9.17) is 19.2 Å². The van der Waals surface area contributed by atoms with Gasteiger partial charge in [-0.25, -0.2) is 4.98 Å². The Hall–Kier alpha value is -2.26. The minimum Gasteiger partial charge on any atom is -0.382 e. The van der Waals surface area contributed by atoms with Crippen molar-refractivity contribution in [2.45, 2.75) is 32.1 Å². The Kier molecular flexibility index (Phi) is 7.25. The highest BCUT2D eigenvalue weighted by Gasteiger charge is 2.40. The topological polar surface area (TPSA) is 74.1 Å². The van der Waals surface area contributed by atoms with Gasteiger partial charge in [0.05, 0.1) is 37.2 Å². The van der Waals surface area contributed by atoms with Crippen molar-refractivity contribution < 1.29 is 18.4 Å². The summed E-state index contributed by atoms with van der Waals surface area (Å²) in [5, 5.41) is 3.71. The Bertz CT molecular complexity index is 1090. The van der Waals surface area contributed by atoms with Crippen molar-refractivity contribution in [3.8, 4) is 0 Å². The zero-order chi connectivity index (χ0) is 22.7. The van der Waals surface area contributed by atoms with Crippen molar-refractivity contribution >= 4 is 22.1 Å². The number of hydrogen-bond acceptors (Lipinski definition) is 6. The average Bonchev–Trinajstić information content (AvgIpc) is 3.08. The maximum absolute atomic E-state index is 11.7. The Morgan fingerprint density at radius 1 is 1.09 bits per heavy atom. The van der Waals surface area contributed by atoms with Gasteiger partial charge in [-0.15, -0.1) is 0 Å². The molecule has 2 aromatic heterocycles. The Balaban J connectivity index is 1.81. The van der Waals surface area contributed by atoms with Gasteiger partial charge in [-0.05, 0) is 25.5 Å². The third kappa shape index (κ3) is 4.59. The SMILES string of the molecule is COCCOC1C(c2ccccc2)Nc2c(ccn3c(C)c(C)nc23)C1OCCS(C)=O. The van der Waals surface area contributed by atoms with Gasteiger partial charge in [0.15, 0.2) is 5.65 Å². The van der Waals surface area contributed by atoms with Crippen LogP contribution in [0.5, 0.6) is 0 Å². The number of pyridine rings is 1. The third-order valence-electron chi connectivity index (χ3n) is 5.96. The van der Waals surface area contributed by atoms with Crippen LogP contribution in [0.3, 0.4) is 0 Å². The van der Waals surface area contributed by atoms with Gasteiger partial charge in [0.25, 0.3) is 0 Å². The number of fused-ring (bicyclic) bond motifs is 3. The zero-order valence-electron chi connectivity index (χ0n) is 19.0. The first-order valence-electron chi connectivity index (χ1n) is 10.8. The van der Waals surface area contributed by atoms with Crippen LogP contribution in [0.15, 0.2) is 42.6 Å². The zero-order valence-corrected chi connectivity index (χ0v) is 19.9. The molecule has 4 rings (SSSR count). The first-order chi connectivity index (χ1) is 15.5. The van der Waals surface area contributed by atoms with Crippen LogP contribution in [-0.2, 0) is 25.0 Å². The average molecular weight is 458 g/mol. The van der Waals surface area contributed by atoms with Crippen molar-refractivity contribution in [1.29, 1.82) is 0 Å². The molecule has 172 valence electrons. The predicted octanol–water partition coefficient (Wildman–Crippen LogP) is 3.59. The van der Waals surface area contributed by atoms with E-state index in [1.165, 1.54) is 0 Å². The number of aromatic nitrogens is 2. The molecule has 0 spiro atoms. The van der Waals surface area contributed by atoms with Crippen LogP contribution >= 0.6 is 0 Å². The van der Waals surface area contributed by atoms with Crippen molar-refractivity contribution in [1.82, 2.24) is 9.38 Å². The molecule has 4 unspecified atom stereocenters. The molecule has 8 heteroatoms. The number of benzene rings is 1. The largest absolute Gasteiger partial charge is 0.382 e. The van der Waals surface area contributed by atoms with E-state index in [0.717, 1.165) is 33.8 Å². The second-order valence-corrected chi connectivity index (χ2v) is 9.61. The lowest BCUT2D eigenvalue weighted by atomic mass is 9.88. The van der Waals surface area contributed by atoms with E-state index >= 15 is 0 Å². The van der Waals surface area contributed by atoms with Gasteiger partial charge in [0, 0.05) is 47.4 Å². The molecular weight excluding hydrogens is 426 g/mol. The molecule has 0 aliphatic carbocycles. The van der Waals surface area contributed by atoms with Crippen molar-refractivity contribution in [2.75, 3.05) is 44.3 Å². The maximum atomic E-state index is 11.7. The Labute approximate surface area is 191 Å². The third-order valence-corrected chi connectivity index (χ3v) is 6.70. The monoisotopic (exact) mass is 457 g/mol. The fourth-order valence-corrected chi connectivity index (χ4v) is 4.52. The normalized spacial score (nSPS) is 21.3. The van der Waals surface area contributed by atoms with Gasteiger partial charge in [-0.3, -0.25) is 4.21 Å². The Morgan fingerprint density at radius 2 is 1.88 bits per heavy atom. The molecule has 7 nitrogen and oxygen atoms in total. The molecule has 3 aromatic rings. The standard InChI is InChI=1S/C24H31N3O4S/c1-16-17(2)27-11-10-19-21(24(27)25-16)26-20(18-8-6-5-7-9-18)23(30-13-12-29-3)22(19)31-14-15-32(4)28/h5-11,20,22-23,26H,12-15H2,1-4H3. The molecule has 3 heterocycles. The molecule has 0 saturated heterocycles. The number of methoxy groups -OCH3 is 1. The van der Waals surface area contributed by atoms with Crippen molar-refractivity contribution in [3.63, 3.8) is 0 Å². The van der Waals surface area contributed by atoms with Crippen LogP contribution in [0.1, 0.15) is 34.7 Å². The molecule has 1 aliphatic heterocycles. The summed E-state index contributed by atoms with van der Waals surface area (Å²) >= 11 is 0. The van der Waals surface area contributed by atoms with E-state index in [9.17, 15) is 4.21 Å². The summed E-state index contributed by atoms with van der Waals surface area (Å²) in [6.07, 6.45) is 3.11. The number of rotatable bonds is 9. The van der Waals surface area contributed by atoms with Crippen LogP contribution in [0.25, 0.3) is 5.65 Å². The van der Waals surface area contributed by atoms with E-state index in [1.54, 1.807) is 13.4 Å². The van der Waals surface area contributed by atoms with Crippen molar-refractivity contribution in [3.05, 3.63) is 65.1 Å². The van der Waals surface area contributed by atoms with Gasteiger partial charge >= 0.3 is 0 Å². The summed E-state index contributed by atoms with van der Waals surface area (Å²) in [6.45, 7) is 5.42. The number of ether oxygens (including phenoxy) is 3.